The van der Waals surface area contributed by atoms with Gasteiger partial charge in [-0.3, -0.25) is 5.43 Å². The molecule has 0 saturated heterocycles. The van der Waals surface area contributed by atoms with Crippen molar-refractivity contribution in [2.24, 2.45) is 15.3 Å². The van der Waals surface area contributed by atoms with Crippen molar-refractivity contribution in [3.8, 4) is 0 Å². The molecule has 1 N–H and O–H groups in total. The predicted molar refractivity (Wildman–Crippen MR) is 99.7 cm³/mol. The van der Waals surface area contributed by atoms with Crippen LogP contribution in [-0.2, 0) is 0 Å². The molecule has 0 fully saturated rings. The molecule has 1 heterocycles. The first-order valence-corrected chi connectivity index (χ1v) is 8.34. The van der Waals surface area contributed by atoms with E-state index in [1.54, 1.807) is 0 Å². The number of hydrazone groups is 1. The third kappa shape index (κ3) is 4.11. The summed E-state index contributed by atoms with van der Waals surface area (Å²) in [5, 5.41) is 14.4. The van der Waals surface area contributed by atoms with Gasteiger partial charge in [-0.15, -0.1) is 10.2 Å². The van der Waals surface area contributed by atoms with Gasteiger partial charge in [-0.1, -0.05) is 59.9 Å². The molecular weight excluding hydrogens is 318 g/mol. The lowest BCUT2D eigenvalue weighted by atomic mass is 10.1. The molecule has 0 unspecified atom stereocenters. The minimum absolute atomic E-state index is 0.699. The summed E-state index contributed by atoms with van der Waals surface area (Å²) in [6.45, 7) is 3.87. The van der Waals surface area contributed by atoms with Crippen molar-refractivity contribution in [3.63, 3.8) is 0 Å². The largest absolute Gasteiger partial charge is 0.252 e. The molecule has 0 bridgehead atoms. The maximum atomic E-state index is 4.44. The molecule has 0 saturated carbocycles. The van der Waals surface area contributed by atoms with Crippen LogP contribution < -0.4 is 5.43 Å². The quantitative estimate of drug-likeness (QED) is 0.369. The Balaban J connectivity index is 1.71. The molecule has 0 aliphatic carbocycles. The Morgan fingerprint density at radius 1 is 0.958 bits per heavy atom. The van der Waals surface area contributed by atoms with E-state index in [0.717, 1.165) is 27.7 Å². The van der Waals surface area contributed by atoms with Crippen LogP contribution in [0.3, 0.4) is 0 Å². The van der Waals surface area contributed by atoms with Crippen molar-refractivity contribution in [3.05, 3.63) is 71.9 Å². The van der Waals surface area contributed by atoms with Crippen molar-refractivity contribution in [2.75, 3.05) is 5.43 Å². The molecule has 0 atom stereocenters. The molecule has 6 heteroatoms. The van der Waals surface area contributed by atoms with E-state index in [9.17, 15) is 0 Å². The van der Waals surface area contributed by atoms with Crippen LogP contribution in [-0.4, -0.2) is 10.7 Å². The Bertz CT molecular complexity index is 854. The van der Waals surface area contributed by atoms with Gasteiger partial charge in [0.15, 0.2) is 5.00 Å². The number of rotatable bonds is 5. The van der Waals surface area contributed by atoms with Crippen molar-refractivity contribution in [2.45, 2.75) is 13.8 Å². The zero-order valence-corrected chi connectivity index (χ0v) is 14.3. The fourth-order valence-corrected chi connectivity index (χ4v) is 2.73. The smallest absolute Gasteiger partial charge is 0.205 e. The van der Waals surface area contributed by atoms with E-state index in [1.807, 2.05) is 74.5 Å². The van der Waals surface area contributed by atoms with Gasteiger partial charge >= 0.3 is 0 Å². The summed E-state index contributed by atoms with van der Waals surface area (Å²) in [4.78, 5) is 4.44. The molecule has 0 spiro atoms. The fraction of sp³-hybridized carbons (Fsp3) is 0.111. The number of hydrogen-bond donors (Lipinski definition) is 1. The highest BCUT2D eigenvalue weighted by atomic mass is 32.1. The van der Waals surface area contributed by atoms with Crippen LogP contribution in [0.2, 0.25) is 0 Å². The van der Waals surface area contributed by atoms with Crippen LogP contribution in [0.15, 0.2) is 76.0 Å². The number of aromatic nitrogens is 1. The maximum absolute atomic E-state index is 4.44. The average molecular weight is 335 g/mol. The zero-order valence-electron chi connectivity index (χ0n) is 13.5. The Morgan fingerprint density at radius 3 is 2.33 bits per heavy atom. The van der Waals surface area contributed by atoms with Gasteiger partial charge in [0.2, 0.25) is 5.13 Å². The second-order valence-electron chi connectivity index (χ2n) is 5.12. The van der Waals surface area contributed by atoms with Crippen LogP contribution in [0, 0.1) is 6.92 Å². The summed E-state index contributed by atoms with van der Waals surface area (Å²) in [5.74, 6) is 0. The molecule has 0 aliphatic rings. The minimum Gasteiger partial charge on any atom is -0.252 e. The first kappa shape index (κ1) is 16.0. The normalized spacial score (nSPS) is 11.8. The van der Waals surface area contributed by atoms with Crippen LogP contribution in [0.5, 0.6) is 0 Å². The summed E-state index contributed by atoms with van der Waals surface area (Å²) in [5.41, 5.74) is 6.61. The van der Waals surface area contributed by atoms with Gasteiger partial charge in [-0.05, 0) is 31.5 Å². The molecule has 1 aromatic heterocycles. The molecule has 3 aromatic rings. The number of hydrogen-bond acceptors (Lipinski definition) is 6. The van der Waals surface area contributed by atoms with Crippen molar-refractivity contribution in [1.82, 2.24) is 4.98 Å². The van der Waals surface area contributed by atoms with E-state index >= 15 is 0 Å². The van der Waals surface area contributed by atoms with Gasteiger partial charge in [0.05, 0.1) is 17.1 Å². The van der Waals surface area contributed by atoms with E-state index in [1.165, 1.54) is 11.3 Å². The van der Waals surface area contributed by atoms with Crippen LogP contribution >= 0.6 is 11.3 Å². The zero-order chi connectivity index (χ0) is 16.8. The van der Waals surface area contributed by atoms with Crippen LogP contribution in [0.25, 0.3) is 0 Å². The first-order valence-electron chi connectivity index (χ1n) is 7.52. The highest BCUT2D eigenvalue weighted by molar-refractivity contribution is 7.19. The third-order valence-electron chi connectivity index (χ3n) is 3.30. The van der Waals surface area contributed by atoms with Gasteiger partial charge < -0.3 is 0 Å². The van der Waals surface area contributed by atoms with E-state index < -0.39 is 0 Å². The number of nitrogens with one attached hydrogen (secondary N) is 1. The molecular formula is C18H17N5S. The predicted octanol–water partition coefficient (Wildman–Crippen LogP) is 5.70. The van der Waals surface area contributed by atoms with Crippen LogP contribution in [0.1, 0.15) is 18.2 Å². The summed E-state index contributed by atoms with van der Waals surface area (Å²) < 4.78 is 0. The van der Waals surface area contributed by atoms with E-state index in [0.29, 0.717) is 5.13 Å². The molecule has 3 rings (SSSR count). The minimum atomic E-state index is 0.699. The molecule has 0 aliphatic heterocycles. The lowest BCUT2D eigenvalue weighted by Crippen LogP contribution is -1.99. The van der Waals surface area contributed by atoms with E-state index in [2.05, 4.69) is 25.7 Å². The van der Waals surface area contributed by atoms with Gasteiger partial charge in [-0.2, -0.15) is 5.10 Å². The SMILES string of the molecule is C/C(=N\Nc1nc(C)c(N=Nc2ccccc2)s1)c1ccccc1. The molecule has 0 radical (unpaired) electrons. The number of aryl methyl sites for hydroxylation is 1. The number of nitrogens with zero attached hydrogens (tertiary/aromatic N) is 4. The molecule has 2 aromatic carbocycles. The summed E-state index contributed by atoms with van der Waals surface area (Å²) in [7, 11) is 0. The van der Waals surface area contributed by atoms with Gasteiger partial charge in [0.1, 0.15) is 0 Å². The van der Waals surface area contributed by atoms with Gasteiger partial charge in [0, 0.05) is 0 Å². The van der Waals surface area contributed by atoms with Gasteiger partial charge in [-0.25, -0.2) is 4.98 Å². The molecule has 0 amide bonds. The van der Waals surface area contributed by atoms with Crippen molar-refractivity contribution >= 4 is 32.9 Å². The Labute approximate surface area is 144 Å². The number of anilines is 1. The molecule has 24 heavy (non-hydrogen) atoms. The van der Waals surface area contributed by atoms with E-state index in [4.69, 9.17) is 0 Å². The Kier molecular flexibility index (Phi) is 5.08. The molecule has 5 nitrogen and oxygen atoms in total. The monoisotopic (exact) mass is 335 g/mol. The fourth-order valence-electron chi connectivity index (χ4n) is 2.00. The Hall–Kier alpha value is -2.86. The van der Waals surface area contributed by atoms with Gasteiger partial charge in [0.25, 0.3) is 0 Å². The topological polar surface area (TPSA) is 62.0 Å². The standard InChI is InChI=1S/C18H17N5S/c1-13(15-9-5-3-6-10-15)20-23-18-19-14(2)17(24-18)22-21-16-11-7-4-8-12-16/h3-12H,1-2H3,(H,19,23)/b20-13+,22-21?. The Morgan fingerprint density at radius 2 is 1.62 bits per heavy atom. The van der Waals surface area contributed by atoms with Crippen LogP contribution in [0.4, 0.5) is 15.8 Å². The highest BCUT2D eigenvalue weighted by Crippen LogP contribution is 2.32. The van der Waals surface area contributed by atoms with Crippen molar-refractivity contribution < 1.29 is 0 Å². The lowest BCUT2D eigenvalue weighted by molar-refractivity contribution is 1.18. The van der Waals surface area contributed by atoms with Crippen molar-refractivity contribution in [1.29, 1.82) is 0 Å². The number of thiazole rings is 1. The average Bonchev–Trinajstić information content (AvgIpc) is 2.99. The van der Waals surface area contributed by atoms with E-state index in [-0.39, 0.29) is 0 Å². The first-order chi connectivity index (χ1) is 11.7. The summed E-state index contributed by atoms with van der Waals surface area (Å²) in [6.07, 6.45) is 0. The lowest BCUT2D eigenvalue weighted by Gasteiger charge is -2.00. The maximum Gasteiger partial charge on any atom is 0.205 e. The number of azo groups is 1. The number of benzene rings is 2. The highest BCUT2D eigenvalue weighted by Gasteiger charge is 2.06. The third-order valence-corrected chi connectivity index (χ3v) is 4.24. The molecule has 120 valence electrons. The second-order valence-corrected chi connectivity index (χ2v) is 6.10. The summed E-state index contributed by atoms with van der Waals surface area (Å²) in [6, 6.07) is 19.6. The second kappa shape index (κ2) is 7.61. The summed E-state index contributed by atoms with van der Waals surface area (Å²) >= 11 is 1.43.